The lowest BCUT2D eigenvalue weighted by Crippen LogP contribution is -2.52. The van der Waals surface area contributed by atoms with Crippen molar-refractivity contribution in [2.75, 3.05) is 32.7 Å². The summed E-state index contributed by atoms with van der Waals surface area (Å²) in [5.74, 6) is 1.05. The summed E-state index contributed by atoms with van der Waals surface area (Å²) >= 11 is 6.67. The topological polar surface area (TPSA) is 136 Å². The summed E-state index contributed by atoms with van der Waals surface area (Å²) in [6.07, 6.45) is 1.46. The molecule has 0 aliphatic carbocycles. The van der Waals surface area contributed by atoms with Gasteiger partial charge < -0.3 is 35.3 Å². The molecule has 3 unspecified atom stereocenters. The summed E-state index contributed by atoms with van der Waals surface area (Å²) in [4.78, 5) is 29.9. The Bertz CT molecular complexity index is 2070. The second-order valence-corrected chi connectivity index (χ2v) is 14.0. The average Bonchev–Trinajstić information content (AvgIpc) is 3.16. The number of aromatic nitrogens is 1. The fourth-order valence-electron chi connectivity index (χ4n) is 7.29. The van der Waals surface area contributed by atoms with E-state index in [2.05, 4.69) is 20.5 Å². The zero-order chi connectivity index (χ0) is 36.0. The van der Waals surface area contributed by atoms with Gasteiger partial charge in [-0.15, -0.1) is 0 Å². The second-order valence-electron chi connectivity index (χ2n) is 13.6. The van der Waals surface area contributed by atoms with Crippen molar-refractivity contribution in [1.82, 2.24) is 20.5 Å². The summed E-state index contributed by atoms with van der Waals surface area (Å²) in [5.41, 5.74) is 4.30. The SMILES string of the molecule is O=C(NC(c1ccccc1)c1cccc(OCc2ccc(CCNCC(O)c3ccc(O)c4[nH]c(=O)ccc34)c(Cl)c2)c1)OC1CN2CCC1CC2. The Labute approximate surface area is 307 Å². The number of aliphatic hydroxyl groups is 1. The molecule has 3 aliphatic heterocycles. The molecule has 0 radical (unpaired) electrons. The number of ether oxygens (including phenoxy) is 2. The van der Waals surface area contributed by atoms with Gasteiger partial charge in [-0.05, 0) is 103 Å². The Morgan fingerprint density at radius 2 is 1.77 bits per heavy atom. The number of phenolic OH excluding ortho intramolecular Hbond substituents is 1. The Hall–Kier alpha value is -4.87. The highest BCUT2D eigenvalue weighted by Crippen LogP contribution is 2.32. The van der Waals surface area contributed by atoms with Crippen LogP contribution in [0.1, 0.15) is 52.8 Å². The van der Waals surface area contributed by atoms with Crippen LogP contribution >= 0.6 is 11.6 Å². The number of amides is 1. The predicted molar refractivity (Wildman–Crippen MR) is 201 cm³/mol. The van der Waals surface area contributed by atoms with Gasteiger partial charge in [-0.3, -0.25) is 9.69 Å². The maximum absolute atomic E-state index is 13.2. The van der Waals surface area contributed by atoms with Gasteiger partial charge in [0.15, 0.2) is 0 Å². The standard InChI is InChI=1S/C41H43ClN4O6/c42-34-21-26(9-10-27(34)15-18-43-23-36(48)32-11-13-35(47)40-33(32)12-14-38(49)44-40)25-51-31-8-4-7-30(22-31)39(29-5-2-1-3-6-29)45-41(50)52-37-24-46-19-16-28(37)17-20-46/h1-14,21-22,28,36-37,39,43,47-48H,15-20,23-25H2,(H,44,49)(H,45,50). The molecule has 5 N–H and O–H groups in total. The number of nitrogens with zero attached hydrogens (tertiary/aromatic N) is 1. The van der Waals surface area contributed by atoms with Crippen molar-refractivity contribution < 1.29 is 24.5 Å². The summed E-state index contributed by atoms with van der Waals surface area (Å²) < 4.78 is 12.2. The van der Waals surface area contributed by atoms with Gasteiger partial charge in [-0.2, -0.15) is 0 Å². The van der Waals surface area contributed by atoms with Crippen LogP contribution in [0.15, 0.2) is 102 Å². The first kappa shape index (κ1) is 35.5. The highest BCUT2D eigenvalue weighted by Gasteiger charge is 2.37. The molecule has 0 saturated carbocycles. The molecule has 3 aliphatic rings. The quantitative estimate of drug-likeness (QED) is 0.0902. The molecule has 8 rings (SSSR count). The number of carbonyl (C=O) groups is 1. The van der Waals surface area contributed by atoms with Crippen molar-refractivity contribution >= 4 is 28.6 Å². The number of H-pyrrole nitrogens is 1. The van der Waals surface area contributed by atoms with E-state index >= 15 is 0 Å². The number of phenols is 1. The molecule has 2 bridgehead atoms. The van der Waals surface area contributed by atoms with E-state index in [9.17, 15) is 19.8 Å². The molecule has 11 heteroatoms. The lowest BCUT2D eigenvalue weighted by atomic mass is 9.86. The number of rotatable bonds is 13. The van der Waals surface area contributed by atoms with Gasteiger partial charge in [0, 0.05) is 29.6 Å². The number of aromatic amines is 1. The Morgan fingerprint density at radius 3 is 2.54 bits per heavy atom. The normalized spacial score (nSPS) is 19.2. The van der Waals surface area contributed by atoms with Gasteiger partial charge >= 0.3 is 6.09 Å². The first-order chi connectivity index (χ1) is 25.3. The van der Waals surface area contributed by atoms with Crippen LogP contribution in [0.25, 0.3) is 10.9 Å². The summed E-state index contributed by atoms with van der Waals surface area (Å²) in [7, 11) is 0. The number of hydrogen-bond donors (Lipinski definition) is 5. The Morgan fingerprint density at radius 1 is 0.962 bits per heavy atom. The lowest BCUT2D eigenvalue weighted by molar-refractivity contribution is -0.0336. The van der Waals surface area contributed by atoms with E-state index < -0.39 is 18.2 Å². The van der Waals surface area contributed by atoms with E-state index in [0.717, 1.165) is 54.7 Å². The van der Waals surface area contributed by atoms with Gasteiger partial charge in [0.05, 0.1) is 17.7 Å². The van der Waals surface area contributed by atoms with Crippen LogP contribution in [0.5, 0.6) is 11.5 Å². The number of halogens is 1. The highest BCUT2D eigenvalue weighted by atomic mass is 35.5. The fraction of sp³-hybridized carbons (Fsp3) is 0.317. The second kappa shape index (κ2) is 16.2. The molecule has 3 fully saturated rings. The number of aromatic hydroxyl groups is 1. The minimum Gasteiger partial charge on any atom is -0.506 e. The number of carbonyl (C=O) groups excluding carboxylic acids is 1. The van der Waals surface area contributed by atoms with Crippen LogP contribution < -0.4 is 20.9 Å². The molecule has 4 aromatic carbocycles. The minimum atomic E-state index is -0.843. The van der Waals surface area contributed by atoms with Gasteiger partial charge in [-0.25, -0.2) is 4.79 Å². The largest absolute Gasteiger partial charge is 0.506 e. The number of alkyl carbamates (subject to hydrolysis) is 1. The van der Waals surface area contributed by atoms with Crippen LogP contribution in [0.3, 0.4) is 0 Å². The van der Waals surface area contributed by atoms with Gasteiger partial charge in [0.25, 0.3) is 0 Å². The number of fused-ring (bicyclic) bond motifs is 4. The predicted octanol–water partition coefficient (Wildman–Crippen LogP) is 6.24. The zero-order valence-electron chi connectivity index (χ0n) is 28.8. The molecule has 1 amide bonds. The molecule has 0 spiro atoms. The third kappa shape index (κ3) is 8.43. The Balaban J connectivity index is 0.932. The fourth-order valence-corrected chi connectivity index (χ4v) is 7.59. The van der Waals surface area contributed by atoms with E-state index in [1.54, 1.807) is 12.1 Å². The lowest BCUT2D eigenvalue weighted by Gasteiger charge is -2.43. The van der Waals surface area contributed by atoms with Crippen molar-refractivity contribution in [2.24, 2.45) is 5.92 Å². The maximum atomic E-state index is 13.2. The van der Waals surface area contributed by atoms with Gasteiger partial charge in [0.1, 0.15) is 24.2 Å². The van der Waals surface area contributed by atoms with Crippen molar-refractivity contribution in [1.29, 1.82) is 0 Å². The average molecular weight is 723 g/mol. The van der Waals surface area contributed by atoms with Crippen LogP contribution in [0.4, 0.5) is 4.79 Å². The molecule has 1 aromatic heterocycles. The van der Waals surface area contributed by atoms with E-state index in [-0.39, 0.29) is 24.0 Å². The molecule has 3 saturated heterocycles. The molecule has 10 nitrogen and oxygen atoms in total. The molecular formula is C41H43ClN4O6. The molecule has 5 aromatic rings. The van der Waals surface area contributed by atoms with Crippen molar-refractivity contribution in [3.05, 3.63) is 140 Å². The highest BCUT2D eigenvalue weighted by molar-refractivity contribution is 6.31. The number of hydrogen-bond acceptors (Lipinski definition) is 8. The summed E-state index contributed by atoms with van der Waals surface area (Å²) in [6.45, 7) is 4.14. The van der Waals surface area contributed by atoms with Crippen LogP contribution in [0, 0.1) is 5.92 Å². The number of piperidine rings is 3. The van der Waals surface area contributed by atoms with Crippen molar-refractivity contribution in [3.8, 4) is 11.5 Å². The van der Waals surface area contributed by atoms with Crippen LogP contribution in [0.2, 0.25) is 5.02 Å². The summed E-state index contributed by atoms with van der Waals surface area (Å²) in [5, 5.41) is 28.6. The number of aliphatic hydroxyl groups excluding tert-OH is 1. The third-order valence-electron chi connectivity index (χ3n) is 10.1. The monoisotopic (exact) mass is 722 g/mol. The van der Waals surface area contributed by atoms with E-state index in [1.807, 2.05) is 72.8 Å². The first-order valence-corrected chi connectivity index (χ1v) is 18.2. The minimum absolute atomic E-state index is 0.0453. The summed E-state index contributed by atoms with van der Waals surface area (Å²) in [6, 6.07) is 29.2. The van der Waals surface area contributed by atoms with Crippen LogP contribution in [-0.4, -0.2) is 65.0 Å². The number of nitrogens with one attached hydrogen (secondary N) is 3. The van der Waals surface area contributed by atoms with Crippen molar-refractivity contribution in [2.45, 2.75) is 44.1 Å². The molecule has 4 heterocycles. The van der Waals surface area contributed by atoms with E-state index in [4.69, 9.17) is 21.1 Å². The molecular weight excluding hydrogens is 680 g/mol. The van der Waals surface area contributed by atoms with Crippen molar-refractivity contribution in [3.63, 3.8) is 0 Å². The van der Waals surface area contributed by atoms with Crippen LogP contribution in [-0.2, 0) is 17.8 Å². The molecule has 3 atom stereocenters. The molecule has 270 valence electrons. The smallest absolute Gasteiger partial charge is 0.408 e. The Kier molecular flexibility index (Phi) is 11.1. The third-order valence-corrected chi connectivity index (χ3v) is 10.5. The van der Waals surface area contributed by atoms with Gasteiger partial charge in [0.2, 0.25) is 5.56 Å². The maximum Gasteiger partial charge on any atom is 0.408 e. The zero-order valence-corrected chi connectivity index (χ0v) is 29.5. The van der Waals surface area contributed by atoms with E-state index in [1.165, 1.54) is 12.1 Å². The van der Waals surface area contributed by atoms with E-state index in [0.29, 0.717) is 52.7 Å². The van der Waals surface area contributed by atoms with Gasteiger partial charge in [-0.1, -0.05) is 72.3 Å². The first-order valence-electron chi connectivity index (χ1n) is 17.8. The molecule has 52 heavy (non-hydrogen) atoms. The number of pyridine rings is 1. The number of benzene rings is 4.